The molecule has 116 valence electrons. The maximum absolute atomic E-state index is 11.8. The van der Waals surface area contributed by atoms with Gasteiger partial charge in [0.2, 0.25) is 5.91 Å². The predicted octanol–water partition coefficient (Wildman–Crippen LogP) is 3.25. The van der Waals surface area contributed by atoms with E-state index in [0.29, 0.717) is 13.0 Å². The second-order valence-corrected chi connectivity index (χ2v) is 5.35. The highest BCUT2D eigenvalue weighted by Crippen LogP contribution is 2.20. The van der Waals surface area contributed by atoms with Crippen LogP contribution in [0.4, 0.5) is 0 Å². The molecule has 3 aromatic rings. The zero-order valence-electron chi connectivity index (χ0n) is 12.6. The van der Waals surface area contributed by atoms with Gasteiger partial charge in [0.25, 0.3) is 0 Å². The maximum Gasteiger partial charge on any atom is 0.244 e. The number of H-pyrrole nitrogens is 1. The highest BCUT2D eigenvalue weighted by molar-refractivity contribution is 5.91. The van der Waals surface area contributed by atoms with Gasteiger partial charge < -0.3 is 15.4 Å². The number of nitrogens with one attached hydrogen (secondary N) is 2. The van der Waals surface area contributed by atoms with Crippen molar-refractivity contribution < 1.29 is 9.90 Å². The van der Waals surface area contributed by atoms with Crippen molar-refractivity contribution in [3.8, 4) is 5.75 Å². The van der Waals surface area contributed by atoms with Crippen molar-refractivity contribution >= 4 is 22.9 Å². The van der Waals surface area contributed by atoms with Gasteiger partial charge in [0, 0.05) is 35.6 Å². The van der Waals surface area contributed by atoms with Crippen LogP contribution in [-0.4, -0.2) is 22.5 Å². The maximum atomic E-state index is 11.8. The summed E-state index contributed by atoms with van der Waals surface area (Å²) in [6, 6.07) is 16.9. The van der Waals surface area contributed by atoms with Gasteiger partial charge in [-0.2, -0.15) is 0 Å². The van der Waals surface area contributed by atoms with E-state index in [2.05, 4.69) is 10.3 Å². The van der Waals surface area contributed by atoms with Crippen LogP contribution in [0.2, 0.25) is 0 Å². The molecule has 0 aliphatic carbocycles. The van der Waals surface area contributed by atoms with Crippen molar-refractivity contribution in [2.24, 2.45) is 0 Å². The Labute approximate surface area is 134 Å². The van der Waals surface area contributed by atoms with Crippen LogP contribution in [0.5, 0.6) is 5.75 Å². The highest BCUT2D eigenvalue weighted by atomic mass is 16.3. The molecule has 0 aliphatic rings. The summed E-state index contributed by atoms with van der Waals surface area (Å²) in [5.41, 5.74) is 3.00. The molecule has 2 aromatic carbocycles. The molecule has 3 rings (SSSR count). The van der Waals surface area contributed by atoms with Crippen LogP contribution < -0.4 is 5.32 Å². The Bertz CT molecular complexity index is 835. The largest absolute Gasteiger partial charge is 0.508 e. The normalized spacial score (nSPS) is 11.1. The molecule has 3 N–H and O–H groups in total. The first-order valence-electron chi connectivity index (χ1n) is 7.52. The van der Waals surface area contributed by atoms with Crippen LogP contribution in [0.3, 0.4) is 0 Å². The molecular formula is C19H18N2O2. The van der Waals surface area contributed by atoms with Crippen LogP contribution in [0.15, 0.2) is 60.7 Å². The van der Waals surface area contributed by atoms with E-state index in [-0.39, 0.29) is 11.7 Å². The van der Waals surface area contributed by atoms with Gasteiger partial charge in [0.15, 0.2) is 0 Å². The van der Waals surface area contributed by atoms with Gasteiger partial charge in [-0.3, -0.25) is 4.79 Å². The number of carbonyl (C=O) groups excluding carboxylic acids is 1. The van der Waals surface area contributed by atoms with E-state index in [1.54, 1.807) is 24.3 Å². The second-order valence-electron chi connectivity index (χ2n) is 5.35. The van der Waals surface area contributed by atoms with E-state index < -0.39 is 0 Å². The third-order valence-electron chi connectivity index (χ3n) is 3.58. The van der Waals surface area contributed by atoms with Crippen LogP contribution >= 0.6 is 0 Å². The van der Waals surface area contributed by atoms with Gasteiger partial charge in [-0.15, -0.1) is 0 Å². The number of fused-ring (bicyclic) bond motifs is 1. The lowest BCUT2D eigenvalue weighted by Gasteiger charge is -2.00. The Kier molecular flexibility index (Phi) is 4.43. The summed E-state index contributed by atoms with van der Waals surface area (Å²) < 4.78 is 0. The van der Waals surface area contributed by atoms with E-state index in [9.17, 15) is 9.90 Å². The number of aromatic amines is 1. The fourth-order valence-electron chi connectivity index (χ4n) is 2.43. The molecule has 0 aliphatic heterocycles. The summed E-state index contributed by atoms with van der Waals surface area (Å²) in [4.78, 5) is 15.1. The topological polar surface area (TPSA) is 65.1 Å². The van der Waals surface area contributed by atoms with Crippen molar-refractivity contribution in [1.29, 1.82) is 0 Å². The molecule has 0 spiro atoms. The summed E-state index contributed by atoms with van der Waals surface area (Å²) in [5.74, 6) is 0.144. The quantitative estimate of drug-likeness (QED) is 0.634. The molecule has 0 unspecified atom stereocenters. The molecule has 0 saturated carbocycles. The Morgan fingerprint density at radius 3 is 2.78 bits per heavy atom. The van der Waals surface area contributed by atoms with Gasteiger partial charge in [-0.1, -0.05) is 30.3 Å². The van der Waals surface area contributed by atoms with Crippen LogP contribution in [-0.2, 0) is 11.2 Å². The zero-order valence-corrected chi connectivity index (χ0v) is 12.6. The van der Waals surface area contributed by atoms with E-state index in [4.69, 9.17) is 0 Å². The third-order valence-corrected chi connectivity index (χ3v) is 3.58. The van der Waals surface area contributed by atoms with E-state index in [1.807, 2.05) is 42.5 Å². The molecule has 23 heavy (non-hydrogen) atoms. The minimum Gasteiger partial charge on any atom is -0.508 e. The molecule has 0 atom stereocenters. The standard InChI is InChI=1S/C19H18N2O2/c22-17-7-8-18-15(13-17)12-16(21-18)10-11-20-19(23)9-6-14-4-2-1-3-5-14/h1-9,12-13,21-22H,10-11H2,(H,20,23)/b9-6+. The number of amides is 1. The number of carbonyl (C=O) groups is 1. The Hall–Kier alpha value is -3.01. The minimum absolute atomic E-state index is 0.109. The number of hydrogen-bond acceptors (Lipinski definition) is 2. The summed E-state index contributed by atoms with van der Waals surface area (Å²) >= 11 is 0. The van der Waals surface area contributed by atoms with Crippen molar-refractivity contribution in [2.75, 3.05) is 6.54 Å². The van der Waals surface area contributed by atoms with Gasteiger partial charge in [-0.05, 0) is 35.9 Å². The van der Waals surface area contributed by atoms with Crippen molar-refractivity contribution in [3.63, 3.8) is 0 Å². The number of aromatic hydroxyl groups is 1. The van der Waals surface area contributed by atoms with E-state index >= 15 is 0 Å². The summed E-state index contributed by atoms with van der Waals surface area (Å²) in [7, 11) is 0. The van der Waals surface area contributed by atoms with E-state index in [1.165, 1.54) is 0 Å². The molecule has 1 amide bonds. The number of hydrogen-bond donors (Lipinski definition) is 3. The monoisotopic (exact) mass is 306 g/mol. The molecule has 4 nitrogen and oxygen atoms in total. The first-order chi connectivity index (χ1) is 11.2. The Morgan fingerprint density at radius 2 is 1.96 bits per heavy atom. The van der Waals surface area contributed by atoms with Gasteiger partial charge >= 0.3 is 0 Å². The van der Waals surface area contributed by atoms with Crippen molar-refractivity contribution in [3.05, 3.63) is 71.9 Å². The average molecular weight is 306 g/mol. The molecule has 1 heterocycles. The van der Waals surface area contributed by atoms with Crippen LogP contribution in [0, 0.1) is 0 Å². The lowest BCUT2D eigenvalue weighted by atomic mass is 10.2. The molecular weight excluding hydrogens is 288 g/mol. The fraction of sp³-hybridized carbons (Fsp3) is 0.105. The third kappa shape index (κ3) is 4.01. The minimum atomic E-state index is -0.109. The van der Waals surface area contributed by atoms with Crippen molar-refractivity contribution in [1.82, 2.24) is 10.3 Å². The fourth-order valence-corrected chi connectivity index (χ4v) is 2.43. The van der Waals surface area contributed by atoms with Gasteiger partial charge in [0.05, 0.1) is 0 Å². The Morgan fingerprint density at radius 1 is 1.13 bits per heavy atom. The SMILES string of the molecule is O=C(/C=C/c1ccccc1)NCCc1cc2cc(O)ccc2[nH]1. The van der Waals surface area contributed by atoms with Crippen LogP contribution in [0.25, 0.3) is 17.0 Å². The second kappa shape index (κ2) is 6.83. The summed E-state index contributed by atoms with van der Waals surface area (Å²) in [6.07, 6.45) is 4.04. The Balaban J connectivity index is 1.52. The smallest absolute Gasteiger partial charge is 0.244 e. The first-order valence-corrected chi connectivity index (χ1v) is 7.52. The number of phenols is 1. The van der Waals surface area contributed by atoms with E-state index in [0.717, 1.165) is 22.2 Å². The van der Waals surface area contributed by atoms with Crippen molar-refractivity contribution in [2.45, 2.75) is 6.42 Å². The number of aromatic nitrogens is 1. The molecule has 0 radical (unpaired) electrons. The molecule has 1 aromatic heterocycles. The lowest BCUT2D eigenvalue weighted by molar-refractivity contribution is -0.116. The zero-order chi connectivity index (χ0) is 16.1. The highest BCUT2D eigenvalue weighted by Gasteiger charge is 2.02. The number of phenolic OH excluding ortho intramolecular Hbond substituents is 1. The average Bonchev–Trinajstić information content (AvgIpc) is 2.95. The van der Waals surface area contributed by atoms with Crippen LogP contribution in [0.1, 0.15) is 11.3 Å². The summed E-state index contributed by atoms with van der Waals surface area (Å²) in [5, 5.41) is 13.3. The number of benzene rings is 2. The molecule has 0 saturated heterocycles. The molecule has 0 bridgehead atoms. The molecule has 0 fully saturated rings. The van der Waals surface area contributed by atoms with Gasteiger partial charge in [-0.25, -0.2) is 0 Å². The predicted molar refractivity (Wildman–Crippen MR) is 92.2 cm³/mol. The van der Waals surface area contributed by atoms with Gasteiger partial charge in [0.1, 0.15) is 5.75 Å². The number of rotatable bonds is 5. The first kappa shape index (κ1) is 14.9. The lowest BCUT2D eigenvalue weighted by Crippen LogP contribution is -2.23. The molecule has 4 heteroatoms. The summed E-state index contributed by atoms with van der Waals surface area (Å²) in [6.45, 7) is 0.552.